The summed E-state index contributed by atoms with van der Waals surface area (Å²) in [4.78, 5) is 0. The Morgan fingerprint density at radius 2 is 1.88 bits per heavy atom. The molecular weight excluding hydrogens is 171 g/mol. The van der Waals surface area contributed by atoms with Crippen LogP contribution >= 0.6 is 0 Å². The van der Waals surface area contributed by atoms with Crippen molar-refractivity contribution in [2.24, 2.45) is 5.92 Å². The molecule has 3 nitrogen and oxygen atoms in total. The standard InChI is InChI=1S/C4H11AsO3/c1-4(2)3-5(6,7)8/h4H,3H2,1-2H3,(H2,6,7,8). The second-order valence-corrected chi connectivity index (χ2v) is 5.80. The summed E-state index contributed by atoms with van der Waals surface area (Å²) in [7, 11) is 0. The Balaban J connectivity index is 3.56. The van der Waals surface area contributed by atoms with E-state index in [9.17, 15) is 3.74 Å². The average molecular weight is 182 g/mol. The molecule has 0 fully saturated rings. The Morgan fingerprint density at radius 1 is 1.50 bits per heavy atom. The van der Waals surface area contributed by atoms with Crippen molar-refractivity contribution in [2.75, 3.05) is 0 Å². The maximum absolute atomic E-state index is 10.2. The summed E-state index contributed by atoms with van der Waals surface area (Å²) in [5, 5.41) is 0.0538. The third-order valence-electron chi connectivity index (χ3n) is 0.603. The van der Waals surface area contributed by atoms with Crippen molar-refractivity contribution in [3.63, 3.8) is 0 Å². The first-order valence-corrected chi connectivity index (χ1v) is 6.23. The van der Waals surface area contributed by atoms with Gasteiger partial charge in [-0.2, -0.15) is 0 Å². The van der Waals surface area contributed by atoms with Crippen molar-refractivity contribution in [1.82, 2.24) is 0 Å². The third kappa shape index (κ3) is 6.28. The summed E-state index contributed by atoms with van der Waals surface area (Å²) in [6, 6.07) is 0. The molecule has 8 heavy (non-hydrogen) atoms. The summed E-state index contributed by atoms with van der Waals surface area (Å²) < 4.78 is 26.9. The first kappa shape index (κ1) is 8.28. The molecule has 2 N–H and O–H groups in total. The monoisotopic (exact) mass is 182 g/mol. The topological polar surface area (TPSA) is 57.5 Å². The van der Waals surface area contributed by atoms with Gasteiger partial charge < -0.3 is 0 Å². The van der Waals surface area contributed by atoms with E-state index in [1.54, 1.807) is 13.8 Å². The van der Waals surface area contributed by atoms with Crippen LogP contribution in [-0.2, 0) is 3.74 Å². The molecule has 0 spiro atoms. The molecule has 0 radical (unpaired) electrons. The van der Waals surface area contributed by atoms with E-state index < -0.39 is 14.2 Å². The van der Waals surface area contributed by atoms with Crippen molar-refractivity contribution in [3.8, 4) is 0 Å². The maximum atomic E-state index is 10.2. The number of hydrogen-bond acceptors (Lipinski definition) is 1. The Labute approximate surface area is 51.7 Å². The van der Waals surface area contributed by atoms with Crippen LogP contribution in [0.4, 0.5) is 0 Å². The van der Waals surface area contributed by atoms with Crippen LogP contribution in [0.2, 0.25) is 5.21 Å². The Hall–Kier alpha value is 0.278. The fourth-order valence-corrected chi connectivity index (χ4v) is 2.47. The number of rotatable bonds is 2. The normalized spacial score (nSPS) is 12.6. The van der Waals surface area contributed by atoms with E-state index in [2.05, 4.69) is 0 Å². The van der Waals surface area contributed by atoms with E-state index in [-0.39, 0.29) is 11.1 Å². The molecule has 0 bridgehead atoms. The van der Waals surface area contributed by atoms with Gasteiger partial charge in [0, 0.05) is 0 Å². The minimum absolute atomic E-state index is 0.0538. The molecular formula is C4H11AsO3. The van der Waals surface area contributed by atoms with Crippen LogP contribution in [0.15, 0.2) is 0 Å². The van der Waals surface area contributed by atoms with Gasteiger partial charge in [0.15, 0.2) is 0 Å². The summed E-state index contributed by atoms with van der Waals surface area (Å²) in [6.45, 7) is 3.58. The minimum atomic E-state index is -4.27. The van der Waals surface area contributed by atoms with Crippen LogP contribution in [0, 0.1) is 5.92 Å². The summed E-state index contributed by atoms with van der Waals surface area (Å²) in [5.41, 5.74) is 0. The van der Waals surface area contributed by atoms with Crippen LogP contribution < -0.4 is 0 Å². The van der Waals surface area contributed by atoms with Crippen LogP contribution in [0.5, 0.6) is 0 Å². The van der Waals surface area contributed by atoms with Crippen LogP contribution in [0.3, 0.4) is 0 Å². The van der Waals surface area contributed by atoms with Crippen molar-refractivity contribution in [3.05, 3.63) is 0 Å². The van der Waals surface area contributed by atoms with Gasteiger partial charge >= 0.3 is 51.1 Å². The SMILES string of the molecule is CC(C)C[As](=O)(O)O. The molecule has 4 heteroatoms. The van der Waals surface area contributed by atoms with Crippen LogP contribution in [0.25, 0.3) is 0 Å². The zero-order chi connectivity index (χ0) is 6.78. The third-order valence-corrected chi connectivity index (χ3v) is 3.13. The van der Waals surface area contributed by atoms with E-state index in [4.69, 9.17) is 8.19 Å². The average Bonchev–Trinajstić information content (AvgIpc) is 1.21. The molecule has 0 aliphatic heterocycles. The molecule has 0 heterocycles. The molecule has 0 aromatic heterocycles. The van der Waals surface area contributed by atoms with Gasteiger partial charge in [-0.05, 0) is 0 Å². The van der Waals surface area contributed by atoms with E-state index >= 15 is 0 Å². The second kappa shape index (κ2) is 2.72. The molecule has 0 saturated carbocycles. The molecule has 50 valence electrons. The molecule has 0 rings (SSSR count). The van der Waals surface area contributed by atoms with Gasteiger partial charge in [-0.1, -0.05) is 0 Å². The van der Waals surface area contributed by atoms with Gasteiger partial charge in [-0.15, -0.1) is 0 Å². The van der Waals surface area contributed by atoms with Crippen molar-refractivity contribution in [2.45, 2.75) is 19.1 Å². The van der Waals surface area contributed by atoms with E-state index in [1.807, 2.05) is 0 Å². The molecule has 0 unspecified atom stereocenters. The summed E-state index contributed by atoms with van der Waals surface area (Å²) in [5.74, 6) is 0.106. The molecule has 0 aliphatic rings. The number of hydrogen-bond donors (Lipinski definition) is 2. The molecule has 0 aliphatic carbocycles. The van der Waals surface area contributed by atoms with Gasteiger partial charge in [0.2, 0.25) is 0 Å². The molecule has 0 atom stereocenters. The summed E-state index contributed by atoms with van der Waals surface area (Å²) in [6.07, 6.45) is 0. The molecule has 0 saturated heterocycles. The van der Waals surface area contributed by atoms with Gasteiger partial charge in [-0.3, -0.25) is 0 Å². The van der Waals surface area contributed by atoms with Gasteiger partial charge in [0.05, 0.1) is 0 Å². The molecule has 0 amide bonds. The van der Waals surface area contributed by atoms with Gasteiger partial charge in [-0.25, -0.2) is 0 Å². The zero-order valence-corrected chi connectivity index (χ0v) is 6.91. The predicted molar refractivity (Wildman–Crippen MR) is 30.5 cm³/mol. The first-order chi connectivity index (χ1) is 3.42. The molecule has 0 aromatic rings. The quantitative estimate of drug-likeness (QED) is 0.591. The summed E-state index contributed by atoms with van der Waals surface area (Å²) >= 11 is -4.27. The zero-order valence-electron chi connectivity index (χ0n) is 5.03. The van der Waals surface area contributed by atoms with Crippen LogP contribution in [-0.4, -0.2) is 22.4 Å². The van der Waals surface area contributed by atoms with E-state index in [1.165, 1.54) is 0 Å². The van der Waals surface area contributed by atoms with E-state index in [0.717, 1.165) is 0 Å². The van der Waals surface area contributed by atoms with Crippen molar-refractivity contribution >= 4 is 14.2 Å². The van der Waals surface area contributed by atoms with Crippen molar-refractivity contribution < 1.29 is 11.9 Å². The Kier molecular flexibility index (Phi) is 2.81. The predicted octanol–water partition coefficient (Wildman–Crippen LogP) is -0.00360. The second-order valence-electron chi connectivity index (χ2n) is 2.24. The Morgan fingerprint density at radius 3 is 1.88 bits per heavy atom. The van der Waals surface area contributed by atoms with Crippen LogP contribution in [0.1, 0.15) is 13.8 Å². The fraction of sp³-hybridized carbons (Fsp3) is 1.00. The van der Waals surface area contributed by atoms with Gasteiger partial charge in [0.25, 0.3) is 0 Å². The van der Waals surface area contributed by atoms with E-state index in [0.29, 0.717) is 0 Å². The fourth-order valence-electron chi connectivity index (χ4n) is 0.476. The Bertz CT molecular complexity index is 104. The first-order valence-electron chi connectivity index (χ1n) is 2.46. The molecule has 0 aromatic carbocycles. The van der Waals surface area contributed by atoms with Crippen molar-refractivity contribution in [1.29, 1.82) is 0 Å². The van der Waals surface area contributed by atoms with Gasteiger partial charge in [0.1, 0.15) is 0 Å².